The molecule has 1 aliphatic carbocycles. The van der Waals surface area contributed by atoms with E-state index in [0.717, 1.165) is 69.1 Å². The smallest absolute Gasteiger partial charge is 0.270 e. The van der Waals surface area contributed by atoms with Crippen LogP contribution >= 0.6 is 0 Å². The molecule has 0 saturated carbocycles. The zero-order valence-corrected chi connectivity index (χ0v) is 14.1. The number of carbonyl (C=O) groups is 1. The maximum atomic E-state index is 12.3. The Kier molecular flexibility index (Phi) is 4.76. The van der Waals surface area contributed by atoms with Gasteiger partial charge in [0.15, 0.2) is 0 Å². The van der Waals surface area contributed by atoms with Gasteiger partial charge in [-0.25, -0.2) is 0 Å². The summed E-state index contributed by atoms with van der Waals surface area (Å²) in [7, 11) is 0. The number of hydrogen-bond acceptors (Lipinski definition) is 6. The average Bonchev–Trinajstić information content (AvgIpc) is 3.05. The van der Waals surface area contributed by atoms with Gasteiger partial charge in [0.25, 0.3) is 5.91 Å². The Balaban J connectivity index is 1.41. The molecule has 2 aromatic rings. The van der Waals surface area contributed by atoms with E-state index >= 15 is 0 Å². The van der Waals surface area contributed by atoms with Gasteiger partial charge in [0.1, 0.15) is 17.1 Å². The molecule has 1 N–H and O–H groups in total. The van der Waals surface area contributed by atoms with Crippen molar-refractivity contribution in [3.63, 3.8) is 0 Å². The predicted molar refractivity (Wildman–Crippen MR) is 90.1 cm³/mol. The second kappa shape index (κ2) is 7.33. The second-order valence-corrected chi connectivity index (χ2v) is 6.55. The number of aryl methyl sites for hydroxylation is 1. The number of fused-ring (bicyclic) bond motifs is 1. The largest absolute Gasteiger partial charge is 0.379 e. The molecule has 1 amide bonds. The van der Waals surface area contributed by atoms with Crippen LogP contribution < -0.4 is 5.32 Å². The van der Waals surface area contributed by atoms with Crippen molar-refractivity contribution in [2.24, 2.45) is 0 Å². The Labute approximate surface area is 146 Å². The zero-order chi connectivity index (χ0) is 17.1. The van der Waals surface area contributed by atoms with Gasteiger partial charge in [-0.05, 0) is 25.0 Å². The van der Waals surface area contributed by atoms with Crippen molar-refractivity contribution < 1.29 is 14.1 Å². The molecule has 2 aliphatic rings. The third-order valence-electron chi connectivity index (χ3n) is 4.83. The minimum Gasteiger partial charge on any atom is -0.379 e. The summed E-state index contributed by atoms with van der Waals surface area (Å²) in [5.74, 6) is 0.840. The summed E-state index contributed by atoms with van der Waals surface area (Å²) in [6, 6.07) is 5.44. The third-order valence-corrected chi connectivity index (χ3v) is 4.83. The lowest BCUT2D eigenvalue weighted by Gasteiger charge is -2.27. The van der Waals surface area contributed by atoms with Crippen LogP contribution in [0.25, 0.3) is 0 Å². The number of nitrogens with one attached hydrogen (secondary N) is 1. The summed E-state index contributed by atoms with van der Waals surface area (Å²) in [6.45, 7) is 4.15. The lowest BCUT2D eigenvalue weighted by Crippen LogP contribution is -2.39. The van der Waals surface area contributed by atoms with Crippen LogP contribution in [0.15, 0.2) is 28.9 Å². The molecule has 1 aliphatic heterocycles. The molecule has 2 aromatic heterocycles. The van der Waals surface area contributed by atoms with Crippen molar-refractivity contribution in [3.8, 4) is 0 Å². The van der Waals surface area contributed by atoms with E-state index in [1.54, 1.807) is 18.3 Å². The van der Waals surface area contributed by atoms with Crippen molar-refractivity contribution in [2.45, 2.75) is 31.8 Å². The summed E-state index contributed by atoms with van der Waals surface area (Å²) in [4.78, 5) is 18.8. The Hall–Kier alpha value is -2.25. The number of amides is 1. The first-order chi connectivity index (χ1) is 12.3. The monoisotopic (exact) mass is 342 g/mol. The van der Waals surface area contributed by atoms with E-state index in [-0.39, 0.29) is 11.9 Å². The molecule has 0 radical (unpaired) electrons. The topological polar surface area (TPSA) is 80.5 Å². The highest BCUT2D eigenvalue weighted by Crippen LogP contribution is 2.26. The number of nitrogens with zero attached hydrogens (tertiary/aromatic N) is 3. The number of ether oxygens (including phenoxy) is 1. The predicted octanol–water partition coefficient (Wildman–Crippen LogP) is 1.19. The van der Waals surface area contributed by atoms with Crippen molar-refractivity contribution >= 4 is 5.91 Å². The van der Waals surface area contributed by atoms with Gasteiger partial charge in [-0.3, -0.25) is 14.7 Å². The molecule has 1 unspecified atom stereocenters. The van der Waals surface area contributed by atoms with Gasteiger partial charge in [-0.1, -0.05) is 11.2 Å². The molecular weight excluding hydrogens is 320 g/mol. The molecule has 0 bridgehead atoms. The van der Waals surface area contributed by atoms with E-state index in [0.29, 0.717) is 5.69 Å². The van der Waals surface area contributed by atoms with Crippen LogP contribution in [0.5, 0.6) is 0 Å². The Morgan fingerprint density at radius 1 is 1.32 bits per heavy atom. The normalized spacial score (nSPS) is 20.9. The fourth-order valence-electron chi connectivity index (χ4n) is 3.44. The van der Waals surface area contributed by atoms with E-state index < -0.39 is 0 Å². The Morgan fingerprint density at radius 2 is 2.20 bits per heavy atom. The molecule has 3 heterocycles. The van der Waals surface area contributed by atoms with E-state index in [9.17, 15) is 4.79 Å². The first kappa shape index (κ1) is 16.2. The average molecular weight is 342 g/mol. The van der Waals surface area contributed by atoms with Gasteiger partial charge in [0.2, 0.25) is 0 Å². The molecular formula is C18H22N4O3. The molecule has 4 rings (SSSR count). The molecule has 7 heteroatoms. The summed E-state index contributed by atoms with van der Waals surface area (Å²) in [6.07, 6.45) is 4.06. The number of carbonyl (C=O) groups excluding carboxylic acids is 1. The fourth-order valence-corrected chi connectivity index (χ4v) is 3.44. The van der Waals surface area contributed by atoms with Gasteiger partial charge in [0.05, 0.1) is 13.2 Å². The fraction of sp³-hybridized carbons (Fsp3) is 0.500. The van der Waals surface area contributed by atoms with Crippen LogP contribution in [0.1, 0.15) is 33.9 Å². The van der Waals surface area contributed by atoms with Crippen molar-refractivity contribution in [3.05, 3.63) is 47.1 Å². The summed E-state index contributed by atoms with van der Waals surface area (Å²) < 4.78 is 10.9. The highest BCUT2D eigenvalue weighted by Gasteiger charge is 2.28. The molecule has 0 spiro atoms. The SMILES string of the molecule is O=C(NC1CCc2onc(CN3CCOCC3)c2C1)c1ccccn1. The minimum atomic E-state index is -0.125. The summed E-state index contributed by atoms with van der Waals surface area (Å²) in [5.41, 5.74) is 2.60. The first-order valence-corrected chi connectivity index (χ1v) is 8.78. The van der Waals surface area contributed by atoms with Gasteiger partial charge in [-0.2, -0.15) is 0 Å². The lowest BCUT2D eigenvalue weighted by atomic mass is 9.91. The lowest BCUT2D eigenvalue weighted by molar-refractivity contribution is 0.0331. The van der Waals surface area contributed by atoms with Crippen LogP contribution in [-0.4, -0.2) is 53.3 Å². The number of morpholine rings is 1. The van der Waals surface area contributed by atoms with Gasteiger partial charge < -0.3 is 14.6 Å². The molecule has 0 aromatic carbocycles. The van der Waals surface area contributed by atoms with Crippen molar-refractivity contribution in [1.29, 1.82) is 0 Å². The quantitative estimate of drug-likeness (QED) is 0.899. The van der Waals surface area contributed by atoms with E-state index in [4.69, 9.17) is 9.26 Å². The maximum absolute atomic E-state index is 12.3. The molecule has 132 valence electrons. The summed E-state index contributed by atoms with van der Waals surface area (Å²) in [5, 5.41) is 7.37. The molecule has 1 saturated heterocycles. The summed E-state index contributed by atoms with van der Waals surface area (Å²) >= 11 is 0. The highest BCUT2D eigenvalue weighted by molar-refractivity contribution is 5.92. The number of pyridine rings is 1. The highest BCUT2D eigenvalue weighted by atomic mass is 16.5. The third kappa shape index (κ3) is 3.72. The molecule has 1 atom stereocenters. The Morgan fingerprint density at radius 3 is 3.00 bits per heavy atom. The Bertz CT molecular complexity index is 725. The maximum Gasteiger partial charge on any atom is 0.270 e. The molecule has 25 heavy (non-hydrogen) atoms. The van der Waals surface area contributed by atoms with Crippen LogP contribution in [0.2, 0.25) is 0 Å². The van der Waals surface area contributed by atoms with Crippen molar-refractivity contribution in [2.75, 3.05) is 26.3 Å². The minimum absolute atomic E-state index is 0.0878. The van der Waals surface area contributed by atoms with Crippen LogP contribution in [-0.2, 0) is 24.1 Å². The molecule has 1 fully saturated rings. The second-order valence-electron chi connectivity index (χ2n) is 6.55. The number of hydrogen-bond donors (Lipinski definition) is 1. The van der Waals surface area contributed by atoms with Crippen LogP contribution in [0, 0.1) is 0 Å². The van der Waals surface area contributed by atoms with Crippen LogP contribution in [0.3, 0.4) is 0 Å². The zero-order valence-electron chi connectivity index (χ0n) is 14.1. The number of aromatic nitrogens is 2. The first-order valence-electron chi connectivity index (χ1n) is 8.78. The van der Waals surface area contributed by atoms with Gasteiger partial charge >= 0.3 is 0 Å². The molecule has 7 nitrogen and oxygen atoms in total. The van der Waals surface area contributed by atoms with E-state index in [1.165, 1.54) is 0 Å². The van der Waals surface area contributed by atoms with Gasteiger partial charge in [-0.15, -0.1) is 0 Å². The van der Waals surface area contributed by atoms with E-state index in [1.807, 2.05) is 6.07 Å². The van der Waals surface area contributed by atoms with Crippen molar-refractivity contribution in [1.82, 2.24) is 20.4 Å². The number of rotatable bonds is 4. The van der Waals surface area contributed by atoms with E-state index in [2.05, 4.69) is 20.4 Å². The van der Waals surface area contributed by atoms with Crippen LogP contribution in [0.4, 0.5) is 0 Å². The van der Waals surface area contributed by atoms with Gasteiger partial charge in [0, 0.05) is 43.9 Å². The standard InChI is InChI=1S/C18H22N4O3/c23-18(15-3-1-2-6-19-15)20-13-4-5-17-14(11-13)16(21-25-17)12-22-7-9-24-10-8-22/h1-3,6,13H,4-5,7-12H2,(H,20,23).